The zero-order valence-corrected chi connectivity index (χ0v) is 18.9. The molecule has 2 heterocycles. The van der Waals surface area contributed by atoms with Gasteiger partial charge in [-0.25, -0.2) is 9.78 Å². The van der Waals surface area contributed by atoms with Crippen molar-refractivity contribution in [3.05, 3.63) is 65.4 Å². The van der Waals surface area contributed by atoms with Crippen LogP contribution >= 0.6 is 0 Å². The normalized spacial score (nSPS) is 13.5. The molecule has 0 saturated carbocycles. The van der Waals surface area contributed by atoms with Crippen LogP contribution in [0.3, 0.4) is 0 Å². The molecule has 0 atom stereocenters. The van der Waals surface area contributed by atoms with Crippen molar-refractivity contribution in [1.82, 2.24) is 9.97 Å². The topological polar surface area (TPSA) is 82.2 Å². The molecule has 1 aliphatic heterocycles. The van der Waals surface area contributed by atoms with Gasteiger partial charge in [0.05, 0.1) is 0 Å². The molecular weight excluding hydrogens is 400 g/mol. The third kappa shape index (κ3) is 5.55. The van der Waals surface area contributed by atoms with Crippen LogP contribution in [0.25, 0.3) is 0 Å². The molecule has 166 valence electrons. The quantitative estimate of drug-likeness (QED) is 0.478. The Balaban J connectivity index is 1.39. The molecule has 2 amide bonds. The number of anilines is 5. The Morgan fingerprint density at radius 3 is 2.31 bits per heavy atom. The van der Waals surface area contributed by atoms with Crippen LogP contribution < -0.4 is 20.9 Å². The summed E-state index contributed by atoms with van der Waals surface area (Å²) in [7, 11) is 0. The molecule has 4 rings (SSSR count). The maximum Gasteiger partial charge on any atom is 0.323 e. The van der Waals surface area contributed by atoms with Gasteiger partial charge in [-0.3, -0.25) is 0 Å². The third-order valence-electron chi connectivity index (χ3n) is 5.56. The summed E-state index contributed by atoms with van der Waals surface area (Å²) in [5, 5.41) is 9.06. The van der Waals surface area contributed by atoms with E-state index in [0.717, 1.165) is 47.1 Å². The second-order valence-electron chi connectivity index (χ2n) is 8.34. The summed E-state index contributed by atoms with van der Waals surface area (Å²) in [6, 6.07) is 15.3. The number of carbonyl (C=O) groups is 1. The number of rotatable bonds is 5. The van der Waals surface area contributed by atoms with Crippen molar-refractivity contribution in [2.24, 2.45) is 0 Å². The Morgan fingerprint density at radius 1 is 0.844 bits per heavy atom. The van der Waals surface area contributed by atoms with Crippen molar-refractivity contribution < 1.29 is 4.79 Å². The first kappa shape index (κ1) is 21.6. The molecule has 0 spiro atoms. The SMILES string of the molecule is Cc1ccc(C)c(NC(=O)Nc2ccc(Nc3nc(C)cc(N4CCCCC4)n3)cc2)c1. The van der Waals surface area contributed by atoms with Crippen LogP contribution in [0, 0.1) is 20.8 Å². The molecule has 3 N–H and O–H groups in total. The summed E-state index contributed by atoms with van der Waals surface area (Å²) in [5.74, 6) is 1.56. The number of hydrogen-bond acceptors (Lipinski definition) is 5. The molecule has 7 heteroatoms. The van der Waals surface area contributed by atoms with Crippen molar-refractivity contribution in [1.29, 1.82) is 0 Å². The molecule has 0 aliphatic carbocycles. The molecule has 1 fully saturated rings. The van der Waals surface area contributed by atoms with Gasteiger partial charge in [0.15, 0.2) is 0 Å². The van der Waals surface area contributed by atoms with E-state index in [4.69, 9.17) is 4.98 Å². The minimum absolute atomic E-state index is 0.271. The van der Waals surface area contributed by atoms with E-state index in [0.29, 0.717) is 11.6 Å². The predicted molar refractivity (Wildman–Crippen MR) is 131 cm³/mol. The van der Waals surface area contributed by atoms with E-state index in [9.17, 15) is 4.79 Å². The fraction of sp³-hybridized carbons (Fsp3) is 0.320. The second-order valence-corrected chi connectivity index (χ2v) is 8.34. The summed E-state index contributed by atoms with van der Waals surface area (Å²) in [6.45, 7) is 8.05. The summed E-state index contributed by atoms with van der Waals surface area (Å²) in [5.41, 5.74) is 5.43. The highest BCUT2D eigenvalue weighted by Gasteiger charge is 2.14. The van der Waals surface area contributed by atoms with Gasteiger partial charge in [0.2, 0.25) is 5.95 Å². The number of amides is 2. The highest BCUT2D eigenvalue weighted by Crippen LogP contribution is 2.23. The van der Waals surface area contributed by atoms with Crippen LogP contribution in [0.5, 0.6) is 0 Å². The molecule has 1 aromatic heterocycles. The first-order valence-electron chi connectivity index (χ1n) is 11.1. The average Bonchev–Trinajstić information content (AvgIpc) is 2.78. The van der Waals surface area contributed by atoms with Crippen molar-refractivity contribution >= 4 is 34.9 Å². The smallest absolute Gasteiger partial charge is 0.323 e. The molecule has 0 unspecified atom stereocenters. The number of aryl methyl sites for hydroxylation is 3. The molecule has 1 aliphatic rings. The highest BCUT2D eigenvalue weighted by molar-refractivity contribution is 6.00. The number of piperidine rings is 1. The fourth-order valence-corrected chi connectivity index (χ4v) is 3.81. The summed E-state index contributed by atoms with van der Waals surface area (Å²) in [6.07, 6.45) is 3.70. The Morgan fingerprint density at radius 2 is 1.56 bits per heavy atom. The van der Waals surface area contributed by atoms with E-state index in [1.807, 2.05) is 69.3 Å². The maximum absolute atomic E-state index is 12.4. The van der Waals surface area contributed by atoms with Crippen molar-refractivity contribution in [3.8, 4) is 0 Å². The molecule has 1 saturated heterocycles. The first-order valence-corrected chi connectivity index (χ1v) is 11.1. The monoisotopic (exact) mass is 430 g/mol. The minimum atomic E-state index is -0.271. The van der Waals surface area contributed by atoms with Crippen molar-refractivity contribution in [3.63, 3.8) is 0 Å². The number of urea groups is 1. The van der Waals surface area contributed by atoms with Gasteiger partial charge < -0.3 is 20.9 Å². The summed E-state index contributed by atoms with van der Waals surface area (Å²) in [4.78, 5) is 23.9. The van der Waals surface area contributed by atoms with Gasteiger partial charge in [-0.2, -0.15) is 4.98 Å². The van der Waals surface area contributed by atoms with Crippen molar-refractivity contribution in [2.45, 2.75) is 40.0 Å². The Labute approximate surface area is 189 Å². The molecule has 0 bridgehead atoms. The number of nitrogens with one attached hydrogen (secondary N) is 3. The number of carbonyl (C=O) groups excluding carboxylic acids is 1. The van der Waals surface area contributed by atoms with E-state index >= 15 is 0 Å². The van der Waals surface area contributed by atoms with Gasteiger partial charge in [-0.05, 0) is 81.5 Å². The lowest BCUT2D eigenvalue weighted by molar-refractivity contribution is 0.262. The lowest BCUT2D eigenvalue weighted by Gasteiger charge is -2.28. The van der Waals surface area contributed by atoms with Crippen molar-refractivity contribution in [2.75, 3.05) is 33.9 Å². The van der Waals surface area contributed by atoms with Gasteiger partial charge in [-0.1, -0.05) is 12.1 Å². The number of aromatic nitrogens is 2. The lowest BCUT2D eigenvalue weighted by Crippen LogP contribution is -2.30. The van der Waals surface area contributed by atoms with Gasteiger partial charge in [0, 0.05) is 41.9 Å². The van der Waals surface area contributed by atoms with Crippen LogP contribution in [0.15, 0.2) is 48.5 Å². The fourth-order valence-electron chi connectivity index (χ4n) is 3.81. The van der Waals surface area contributed by atoms with Crippen LogP contribution in [0.1, 0.15) is 36.1 Å². The average molecular weight is 431 g/mol. The molecular formula is C25H30N6O. The minimum Gasteiger partial charge on any atom is -0.356 e. The Hall–Kier alpha value is -3.61. The zero-order chi connectivity index (χ0) is 22.5. The largest absolute Gasteiger partial charge is 0.356 e. The van der Waals surface area contributed by atoms with Gasteiger partial charge in [0.1, 0.15) is 5.82 Å². The number of benzene rings is 2. The first-order chi connectivity index (χ1) is 15.5. The van der Waals surface area contributed by atoms with Gasteiger partial charge in [0.25, 0.3) is 0 Å². The van der Waals surface area contributed by atoms with Crippen LogP contribution in [-0.4, -0.2) is 29.1 Å². The predicted octanol–water partition coefficient (Wildman–Crippen LogP) is 5.78. The number of hydrogen-bond donors (Lipinski definition) is 3. The van der Waals surface area contributed by atoms with E-state index in [1.165, 1.54) is 19.3 Å². The second kappa shape index (κ2) is 9.68. The third-order valence-corrected chi connectivity index (χ3v) is 5.56. The van der Waals surface area contributed by atoms with E-state index in [1.54, 1.807) is 0 Å². The lowest BCUT2D eigenvalue weighted by atomic mass is 10.1. The molecule has 0 radical (unpaired) electrons. The van der Waals surface area contributed by atoms with Crippen LogP contribution in [0.4, 0.5) is 33.6 Å². The van der Waals surface area contributed by atoms with Gasteiger partial charge >= 0.3 is 6.03 Å². The van der Waals surface area contributed by atoms with Gasteiger partial charge in [-0.15, -0.1) is 0 Å². The van der Waals surface area contributed by atoms with Crippen LogP contribution in [-0.2, 0) is 0 Å². The summed E-state index contributed by atoms with van der Waals surface area (Å²) >= 11 is 0. The molecule has 32 heavy (non-hydrogen) atoms. The van der Waals surface area contributed by atoms with E-state index in [-0.39, 0.29) is 6.03 Å². The highest BCUT2D eigenvalue weighted by atomic mass is 16.2. The van der Waals surface area contributed by atoms with E-state index in [2.05, 4.69) is 25.8 Å². The van der Waals surface area contributed by atoms with E-state index < -0.39 is 0 Å². The molecule has 3 aromatic rings. The van der Waals surface area contributed by atoms with Crippen LogP contribution in [0.2, 0.25) is 0 Å². The molecule has 2 aromatic carbocycles. The molecule has 7 nitrogen and oxygen atoms in total. The maximum atomic E-state index is 12.4. The Bertz CT molecular complexity index is 1090. The standard InChI is InChI=1S/C25H30N6O/c1-17-7-8-18(2)22(15-17)29-25(32)28-21-11-9-20(10-12-21)27-24-26-19(3)16-23(30-24)31-13-5-4-6-14-31/h7-12,15-16H,4-6,13-14H2,1-3H3,(H,26,27,30)(H2,28,29,32). The Kier molecular flexibility index (Phi) is 6.54. The zero-order valence-electron chi connectivity index (χ0n) is 18.9. The summed E-state index contributed by atoms with van der Waals surface area (Å²) < 4.78 is 0. The number of nitrogens with zero attached hydrogens (tertiary/aromatic N) is 3.